The number of nitrogens with one attached hydrogen (secondary N) is 1. The molecule has 2 aromatic heterocycles. The van der Waals surface area contributed by atoms with Gasteiger partial charge in [-0.2, -0.15) is 5.10 Å². The van der Waals surface area contributed by atoms with Crippen molar-refractivity contribution < 1.29 is 9.59 Å². The second kappa shape index (κ2) is 6.39. The van der Waals surface area contributed by atoms with Crippen LogP contribution in [0.4, 0.5) is 5.00 Å². The van der Waals surface area contributed by atoms with Gasteiger partial charge in [-0.3, -0.25) is 14.3 Å². The number of hydrogen-bond donors (Lipinski definition) is 2. The largest absolute Gasteiger partial charge is 0.365 e. The number of thiophene rings is 1. The average molecular weight is 346 g/mol. The van der Waals surface area contributed by atoms with Gasteiger partial charge in [-0.25, -0.2) is 0 Å². The zero-order valence-electron chi connectivity index (χ0n) is 14.2. The van der Waals surface area contributed by atoms with Gasteiger partial charge in [0, 0.05) is 17.1 Å². The molecule has 0 saturated heterocycles. The van der Waals surface area contributed by atoms with Crippen LogP contribution in [0.5, 0.6) is 0 Å². The van der Waals surface area contributed by atoms with Gasteiger partial charge in [-0.05, 0) is 44.6 Å². The predicted octanol–water partition coefficient (Wildman–Crippen LogP) is 2.75. The molecule has 0 radical (unpaired) electrons. The van der Waals surface area contributed by atoms with Crippen LogP contribution in [-0.2, 0) is 19.4 Å². The van der Waals surface area contributed by atoms with Crippen molar-refractivity contribution in [2.24, 2.45) is 11.7 Å². The van der Waals surface area contributed by atoms with E-state index >= 15 is 0 Å². The molecule has 2 amide bonds. The number of rotatable bonds is 4. The standard InChI is InChI=1S/C17H22N4O2S/c1-4-21-10(3)12(8-19-21)16(23)20-17-14(15(18)22)11-6-5-9(2)7-13(11)24-17/h8-9H,4-7H2,1-3H3,(H2,18,22)(H,20,23)/t9-/m0/s1. The number of carbonyl (C=O) groups is 2. The highest BCUT2D eigenvalue weighted by molar-refractivity contribution is 7.17. The van der Waals surface area contributed by atoms with E-state index in [0.717, 1.165) is 30.5 Å². The smallest absolute Gasteiger partial charge is 0.259 e. The van der Waals surface area contributed by atoms with Gasteiger partial charge in [0.05, 0.1) is 17.3 Å². The van der Waals surface area contributed by atoms with Gasteiger partial charge in [0.1, 0.15) is 5.00 Å². The van der Waals surface area contributed by atoms with E-state index in [9.17, 15) is 9.59 Å². The molecule has 1 atom stereocenters. The fourth-order valence-electron chi connectivity index (χ4n) is 3.26. The molecule has 0 aromatic carbocycles. The lowest BCUT2D eigenvalue weighted by Gasteiger charge is -2.18. The summed E-state index contributed by atoms with van der Waals surface area (Å²) in [5.41, 5.74) is 8.42. The van der Waals surface area contributed by atoms with E-state index in [2.05, 4.69) is 17.3 Å². The van der Waals surface area contributed by atoms with E-state index in [0.29, 0.717) is 28.6 Å². The molecule has 24 heavy (non-hydrogen) atoms. The first-order valence-corrected chi connectivity index (χ1v) is 9.02. The Morgan fingerprint density at radius 2 is 2.25 bits per heavy atom. The van der Waals surface area contributed by atoms with Crippen molar-refractivity contribution in [3.05, 3.63) is 33.5 Å². The van der Waals surface area contributed by atoms with Crippen LogP contribution in [0.1, 0.15) is 57.1 Å². The molecule has 2 aromatic rings. The minimum atomic E-state index is -0.474. The normalized spacial score (nSPS) is 16.7. The van der Waals surface area contributed by atoms with Crippen molar-refractivity contribution in [2.75, 3.05) is 5.32 Å². The second-order valence-corrected chi connectivity index (χ2v) is 7.44. The summed E-state index contributed by atoms with van der Waals surface area (Å²) in [6.07, 6.45) is 4.38. The Hall–Kier alpha value is -2.15. The Morgan fingerprint density at radius 1 is 1.50 bits per heavy atom. The maximum atomic E-state index is 12.6. The lowest BCUT2D eigenvalue weighted by molar-refractivity contribution is 0.1000. The Kier molecular flexibility index (Phi) is 4.45. The molecule has 3 N–H and O–H groups in total. The molecule has 0 saturated carbocycles. The van der Waals surface area contributed by atoms with Crippen LogP contribution in [0, 0.1) is 12.8 Å². The number of aromatic nitrogens is 2. The summed E-state index contributed by atoms with van der Waals surface area (Å²) in [7, 11) is 0. The van der Waals surface area contributed by atoms with Crippen LogP contribution in [0.2, 0.25) is 0 Å². The van der Waals surface area contributed by atoms with E-state index in [-0.39, 0.29) is 5.91 Å². The number of carbonyl (C=O) groups excluding carboxylic acids is 2. The van der Waals surface area contributed by atoms with Crippen molar-refractivity contribution >= 4 is 28.2 Å². The lowest BCUT2D eigenvalue weighted by atomic mass is 9.88. The zero-order chi connectivity index (χ0) is 17.4. The first-order chi connectivity index (χ1) is 11.4. The monoisotopic (exact) mass is 346 g/mol. The molecule has 0 spiro atoms. The summed E-state index contributed by atoms with van der Waals surface area (Å²) in [4.78, 5) is 25.7. The number of nitrogens with zero attached hydrogens (tertiary/aromatic N) is 2. The van der Waals surface area contributed by atoms with E-state index in [1.807, 2.05) is 13.8 Å². The molecule has 6 nitrogen and oxygen atoms in total. The summed E-state index contributed by atoms with van der Waals surface area (Å²) in [6.45, 7) is 6.74. The fraction of sp³-hybridized carbons (Fsp3) is 0.471. The second-order valence-electron chi connectivity index (χ2n) is 6.33. The van der Waals surface area contributed by atoms with E-state index in [1.165, 1.54) is 16.2 Å². The summed E-state index contributed by atoms with van der Waals surface area (Å²) in [6, 6.07) is 0. The van der Waals surface area contributed by atoms with Crippen molar-refractivity contribution in [3.63, 3.8) is 0 Å². The third-order valence-corrected chi connectivity index (χ3v) is 5.80. The van der Waals surface area contributed by atoms with Crippen molar-refractivity contribution in [1.82, 2.24) is 9.78 Å². The van der Waals surface area contributed by atoms with Gasteiger partial charge in [0.15, 0.2) is 0 Å². The summed E-state index contributed by atoms with van der Waals surface area (Å²) >= 11 is 1.48. The van der Waals surface area contributed by atoms with Gasteiger partial charge in [0.25, 0.3) is 11.8 Å². The first kappa shape index (κ1) is 16.7. The van der Waals surface area contributed by atoms with Crippen LogP contribution in [0.3, 0.4) is 0 Å². The van der Waals surface area contributed by atoms with Crippen LogP contribution in [0.25, 0.3) is 0 Å². The number of hydrogen-bond acceptors (Lipinski definition) is 4. The quantitative estimate of drug-likeness (QED) is 0.892. The highest BCUT2D eigenvalue weighted by Crippen LogP contribution is 2.39. The van der Waals surface area contributed by atoms with Crippen molar-refractivity contribution in [3.8, 4) is 0 Å². The molecule has 7 heteroatoms. The molecule has 0 unspecified atom stereocenters. The number of anilines is 1. The highest BCUT2D eigenvalue weighted by Gasteiger charge is 2.27. The molecule has 0 aliphatic heterocycles. The summed E-state index contributed by atoms with van der Waals surface area (Å²) < 4.78 is 1.77. The molecular weight excluding hydrogens is 324 g/mol. The number of aryl methyl sites for hydroxylation is 1. The minimum Gasteiger partial charge on any atom is -0.365 e. The van der Waals surface area contributed by atoms with Gasteiger partial charge < -0.3 is 11.1 Å². The van der Waals surface area contributed by atoms with Crippen LogP contribution in [0.15, 0.2) is 6.20 Å². The number of amides is 2. The molecule has 2 heterocycles. The van der Waals surface area contributed by atoms with E-state index in [1.54, 1.807) is 10.9 Å². The molecular formula is C17H22N4O2S. The van der Waals surface area contributed by atoms with Gasteiger partial charge in [0.2, 0.25) is 0 Å². The van der Waals surface area contributed by atoms with Crippen molar-refractivity contribution in [2.45, 2.75) is 46.6 Å². The van der Waals surface area contributed by atoms with Gasteiger partial charge >= 0.3 is 0 Å². The Bertz CT molecular complexity index is 806. The number of primary amides is 1. The SMILES string of the molecule is CCn1ncc(C(=O)Nc2sc3c(c2C(N)=O)CC[C@H](C)C3)c1C. The number of fused-ring (bicyclic) bond motifs is 1. The van der Waals surface area contributed by atoms with Gasteiger partial charge in [-0.15, -0.1) is 11.3 Å². The van der Waals surface area contributed by atoms with Crippen molar-refractivity contribution in [1.29, 1.82) is 0 Å². The minimum absolute atomic E-state index is 0.249. The Morgan fingerprint density at radius 3 is 2.88 bits per heavy atom. The summed E-state index contributed by atoms with van der Waals surface area (Å²) in [5, 5.41) is 7.65. The lowest BCUT2D eigenvalue weighted by Crippen LogP contribution is -2.19. The van der Waals surface area contributed by atoms with Crippen LogP contribution >= 0.6 is 11.3 Å². The molecule has 1 aliphatic carbocycles. The van der Waals surface area contributed by atoms with Gasteiger partial charge in [-0.1, -0.05) is 6.92 Å². The first-order valence-electron chi connectivity index (χ1n) is 8.20. The zero-order valence-corrected chi connectivity index (χ0v) is 15.0. The molecule has 1 aliphatic rings. The topological polar surface area (TPSA) is 90.0 Å². The average Bonchev–Trinajstić information content (AvgIpc) is 3.06. The Labute approximate surface area is 145 Å². The number of nitrogens with two attached hydrogens (primary N) is 1. The fourth-order valence-corrected chi connectivity index (χ4v) is 4.67. The van der Waals surface area contributed by atoms with Crippen LogP contribution in [-0.4, -0.2) is 21.6 Å². The maximum absolute atomic E-state index is 12.6. The highest BCUT2D eigenvalue weighted by atomic mass is 32.1. The molecule has 128 valence electrons. The molecule has 3 rings (SSSR count). The van der Waals surface area contributed by atoms with E-state index in [4.69, 9.17) is 5.73 Å². The maximum Gasteiger partial charge on any atom is 0.259 e. The molecule has 0 bridgehead atoms. The predicted molar refractivity (Wildman–Crippen MR) is 94.6 cm³/mol. The molecule has 0 fully saturated rings. The summed E-state index contributed by atoms with van der Waals surface area (Å²) in [5.74, 6) is -0.134. The third-order valence-electron chi connectivity index (χ3n) is 4.63. The third kappa shape index (κ3) is 2.84. The van der Waals surface area contributed by atoms with E-state index < -0.39 is 5.91 Å². The van der Waals surface area contributed by atoms with Crippen LogP contribution < -0.4 is 11.1 Å². The Balaban J connectivity index is 1.93.